The molecule has 7 nitrogen and oxygen atoms in total. The van der Waals surface area contributed by atoms with Gasteiger partial charge in [0, 0.05) is 31.1 Å². The Bertz CT molecular complexity index is 992. The number of rotatable bonds is 4. The van der Waals surface area contributed by atoms with Gasteiger partial charge in [0.2, 0.25) is 0 Å². The van der Waals surface area contributed by atoms with E-state index < -0.39 is 12.2 Å². The molecule has 0 spiro atoms. The van der Waals surface area contributed by atoms with E-state index in [1.165, 1.54) is 11.0 Å². The van der Waals surface area contributed by atoms with E-state index in [0.29, 0.717) is 21.2 Å². The lowest BCUT2D eigenvalue weighted by atomic mass is 9.94. The van der Waals surface area contributed by atoms with Gasteiger partial charge in [-0.25, -0.2) is 4.79 Å². The van der Waals surface area contributed by atoms with Crippen LogP contribution in [0.2, 0.25) is 10.0 Å². The summed E-state index contributed by atoms with van der Waals surface area (Å²) in [4.78, 5) is 25.4. The third kappa shape index (κ3) is 5.22. The first kappa shape index (κ1) is 21.9. The topological polar surface area (TPSA) is 103 Å². The molecule has 2 aromatic rings. The first-order valence-electron chi connectivity index (χ1n) is 9.22. The summed E-state index contributed by atoms with van der Waals surface area (Å²) in [6.45, 7) is 0.788. The van der Waals surface area contributed by atoms with Gasteiger partial charge in [0.25, 0.3) is 5.91 Å². The van der Waals surface area contributed by atoms with Crippen molar-refractivity contribution in [3.05, 3.63) is 69.2 Å². The molecule has 30 heavy (non-hydrogen) atoms. The Balaban J connectivity index is 1.81. The minimum absolute atomic E-state index is 0.171. The highest BCUT2D eigenvalue weighted by atomic mass is 35.5. The summed E-state index contributed by atoms with van der Waals surface area (Å²) < 4.78 is 5.95. The van der Waals surface area contributed by atoms with Crippen LogP contribution in [0.3, 0.4) is 0 Å². The number of carbonyl (C=O) groups excluding carboxylic acids is 1. The number of benzene rings is 2. The summed E-state index contributed by atoms with van der Waals surface area (Å²) in [5.74, 6) is -0.713. The predicted molar refractivity (Wildman–Crippen MR) is 112 cm³/mol. The molecule has 1 fully saturated rings. The van der Waals surface area contributed by atoms with Crippen LogP contribution in [0.5, 0.6) is 0 Å². The first-order chi connectivity index (χ1) is 14.4. The van der Waals surface area contributed by atoms with Crippen molar-refractivity contribution in [3.63, 3.8) is 0 Å². The second-order valence-corrected chi connectivity index (χ2v) is 7.67. The second-order valence-electron chi connectivity index (χ2n) is 6.86. The van der Waals surface area contributed by atoms with Crippen LogP contribution in [0.4, 0.5) is 4.79 Å². The van der Waals surface area contributed by atoms with E-state index >= 15 is 0 Å². The van der Waals surface area contributed by atoms with Crippen molar-refractivity contribution >= 4 is 35.2 Å². The number of nitrogens with zero attached hydrogens (tertiary/aromatic N) is 2. The second kappa shape index (κ2) is 9.81. The lowest BCUT2D eigenvalue weighted by Gasteiger charge is -2.27. The Morgan fingerprint density at radius 1 is 1.23 bits per heavy atom. The van der Waals surface area contributed by atoms with Gasteiger partial charge in [-0.2, -0.15) is 5.26 Å². The highest BCUT2D eigenvalue weighted by Gasteiger charge is 2.32. The van der Waals surface area contributed by atoms with Gasteiger partial charge in [0.15, 0.2) is 0 Å². The molecule has 0 aromatic heterocycles. The van der Waals surface area contributed by atoms with Gasteiger partial charge in [-0.15, -0.1) is 0 Å². The zero-order chi connectivity index (χ0) is 21.7. The lowest BCUT2D eigenvalue weighted by molar-refractivity contribution is 0.0305. The number of carbonyl (C=O) groups is 2. The molecule has 0 saturated carbocycles. The molecule has 2 N–H and O–H groups in total. The molecular formula is C21H19Cl2N3O4. The van der Waals surface area contributed by atoms with Crippen molar-refractivity contribution in [2.75, 3.05) is 26.2 Å². The van der Waals surface area contributed by atoms with Crippen LogP contribution in [0.15, 0.2) is 42.5 Å². The molecule has 0 radical (unpaired) electrons. The first-order valence-corrected chi connectivity index (χ1v) is 9.97. The van der Waals surface area contributed by atoms with Crippen molar-refractivity contribution in [3.8, 4) is 6.07 Å². The number of hydrogen-bond donors (Lipinski definition) is 2. The molecule has 3 rings (SSSR count). The van der Waals surface area contributed by atoms with E-state index in [1.807, 2.05) is 6.07 Å². The zero-order valence-electron chi connectivity index (χ0n) is 15.8. The quantitative estimate of drug-likeness (QED) is 0.737. The number of hydrogen-bond acceptors (Lipinski definition) is 4. The smallest absolute Gasteiger partial charge is 0.407 e. The third-order valence-electron chi connectivity index (χ3n) is 4.86. The molecule has 1 saturated heterocycles. The molecule has 2 atom stereocenters. The molecule has 0 aliphatic carbocycles. The van der Waals surface area contributed by atoms with Gasteiger partial charge < -0.3 is 20.1 Å². The fourth-order valence-corrected chi connectivity index (χ4v) is 3.66. The predicted octanol–water partition coefficient (Wildman–Crippen LogP) is 3.96. The molecule has 0 unspecified atom stereocenters. The Morgan fingerprint density at radius 3 is 2.73 bits per heavy atom. The van der Waals surface area contributed by atoms with E-state index in [0.717, 1.165) is 5.56 Å². The molecule has 9 heteroatoms. The van der Waals surface area contributed by atoms with Crippen molar-refractivity contribution in [1.82, 2.24) is 10.2 Å². The third-order valence-corrected chi connectivity index (χ3v) is 5.60. The van der Waals surface area contributed by atoms with Gasteiger partial charge in [-0.3, -0.25) is 4.79 Å². The molecule has 1 aliphatic heterocycles. The van der Waals surface area contributed by atoms with E-state index in [4.69, 9.17) is 33.2 Å². The number of nitriles is 1. The molecule has 2 amide bonds. The number of nitrogens with one attached hydrogen (secondary N) is 1. The van der Waals surface area contributed by atoms with E-state index in [1.54, 1.807) is 36.4 Å². The van der Waals surface area contributed by atoms with Crippen LogP contribution in [-0.4, -0.2) is 48.2 Å². The fraction of sp³-hybridized carbons (Fsp3) is 0.286. The van der Waals surface area contributed by atoms with E-state index in [2.05, 4.69) is 5.32 Å². The Morgan fingerprint density at radius 2 is 2.03 bits per heavy atom. The number of carboxylic acid groups (broad SMARTS) is 1. The van der Waals surface area contributed by atoms with Crippen LogP contribution in [0.1, 0.15) is 27.6 Å². The van der Waals surface area contributed by atoms with Crippen LogP contribution >= 0.6 is 23.2 Å². The Hall–Kier alpha value is -2.79. The molecule has 1 aliphatic rings. The normalized spacial score (nSPS) is 18.9. The van der Waals surface area contributed by atoms with Crippen molar-refractivity contribution in [1.29, 1.82) is 5.26 Å². The monoisotopic (exact) mass is 447 g/mol. The van der Waals surface area contributed by atoms with Gasteiger partial charge >= 0.3 is 6.09 Å². The minimum atomic E-state index is -1.05. The van der Waals surface area contributed by atoms with Gasteiger partial charge in [0.1, 0.15) is 0 Å². The minimum Gasteiger partial charge on any atom is -0.465 e. The summed E-state index contributed by atoms with van der Waals surface area (Å²) in [5.41, 5.74) is 1.48. The number of halogens is 2. The number of ether oxygens (including phenoxy) is 1. The van der Waals surface area contributed by atoms with Crippen LogP contribution in [0.25, 0.3) is 0 Å². The van der Waals surface area contributed by atoms with E-state index in [-0.39, 0.29) is 38.1 Å². The van der Waals surface area contributed by atoms with Crippen molar-refractivity contribution in [2.45, 2.75) is 6.10 Å². The lowest BCUT2D eigenvalue weighted by Crippen LogP contribution is -2.40. The van der Waals surface area contributed by atoms with Crippen LogP contribution < -0.4 is 5.32 Å². The Kier molecular flexibility index (Phi) is 7.16. The number of amides is 2. The molecule has 0 bridgehead atoms. The van der Waals surface area contributed by atoms with Gasteiger partial charge in [0.05, 0.1) is 34.4 Å². The molecule has 1 heterocycles. The van der Waals surface area contributed by atoms with Gasteiger partial charge in [-0.05, 0) is 35.9 Å². The highest BCUT2D eigenvalue weighted by molar-refractivity contribution is 6.42. The maximum Gasteiger partial charge on any atom is 0.407 e. The molecular weight excluding hydrogens is 429 g/mol. The zero-order valence-corrected chi connectivity index (χ0v) is 17.4. The van der Waals surface area contributed by atoms with Crippen molar-refractivity contribution < 1.29 is 19.4 Å². The summed E-state index contributed by atoms with van der Waals surface area (Å²) in [7, 11) is 0. The van der Waals surface area contributed by atoms with Crippen molar-refractivity contribution in [2.24, 2.45) is 5.92 Å². The average molecular weight is 448 g/mol. The van der Waals surface area contributed by atoms with Gasteiger partial charge in [-0.1, -0.05) is 35.3 Å². The summed E-state index contributed by atoms with van der Waals surface area (Å²) in [5, 5.41) is 22.1. The van der Waals surface area contributed by atoms with Crippen LogP contribution in [-0.2, 0) is 4.74 Å². The summed E-state index contributed by atoms with van der Waals surface area (Å²) in [6, 6.07) is 13.5. The highest BCUT2D eigenvalue weighted by Crippen LogP contribution is 2.33. The van der Waals surface area contributed by atoms with E-state index in [9.17, 15) is 14.7 Å². The molecule has 2 aromatic carbocycles. The summed E-state index contributed by atoms with van der Waals surface area (Å²) in [6.07, 6.45) is -1.53. The molecule has 156 valence electrons. The fourth-order valence-electron chi connectivity index (χ4n) is 3.35. The Labute approximate surface area is 183 Å². The largest absolute Gasteiger partial charge is 0.465 e. The van der Waals surface area contributed by atoms with Crippen LogP contribution in [0, 0.1) is 17.2 Å². The SMILES string of the molecule is N#Cc1cccc(C(=O)NC[C@@H]2CN(C(=O)O)CCO[C@H]2c2ccc(Cl)c(Cl)c2)c1. The average Bonchev–Trinajstić information content (AvgIpc) is 2.97. The maximum atomic E-state index is 12.6. The maximum absolute atomic E-state index is 12.6. The standard InChI is InChI=1S/C21H19Cl2N3O4/c22-17-5-4-14(9-18(17)23)19-16(12-26(21(28)29)6-7-30-19)11-25-20(27)15-3-1-2-13(8-15)10-24/h1-5,8-9,16,19H,6-7,11-12H2,(H,25,27)(H,28,29)/t16-,19+/m1/s1. The summed E-state index contributed by atoms with van der Waals surface area (Å²) >= 11 is 12.2.